The number of carbonyl (C=O) groups excluding carboxylic acids is 1. The SMILES string of the molecule is C/C=C/C1=C(C(=O)O)NC(C(NC(=O)[C@H](N)c2ccc(O)cc2)C(=O)O)SC1. The smallest absolute Gasteiger partial charge is 0.352 e. The summed E-state index contributed by atoms with van der Waals surface area (Å²) >= 11 is 1.17. The van der Waals surface area contributed by atoms with Crippen molar-refractivity contribution >= 4 is 29.6 Å². The highest BCUT2D eigenvalue weighted by Gasteiger charge is 2.36. The van der Waals surface area contributed by atoms with Crippen molar-refractivity contribution in [1.29, 1.82) is 0 Å². The Morgan fingerprint density at radius 1 is 1.29 bits per heavy atom. The molecule has 3 atom stereocenters. The van der Waals surface area contributed by atoms with Crippen LogP contribution in [0.4, 0.5) is 0 Å². The zero-order valence-corrected chi connectivity index (χ0v) is 15.8. The number of aromatic hydroxyl groups is 1. The van der Waals surface area contributed by atoms with E-state index >= 15 is 0 Å². The minimum atomic E-state index is -1.40. The van der Waals surface area contributed by atoms with E-state index in [4.69, 9.17) is 5.73 Å². The van der Waals surface area contributed by atoms with Gasteiger partial charge in [0, 0.05) is 5.75 Å². The summed E-state index contributed by atoms with van der Waals surface area (Å²) in [5, 5.41) is 32.4. The van der Waals surface area contributed by atoms with Crippen molar-refractivity contribution < 1.29 is 29.7 Å². The van der Waals surface area contributed by atoms with Crippen LogP contribution in [-0.4, -0.2) is 50.3 Å². The standard InChI is InChI=1S/C18H21N3O6S/c1-2-3-10-8-28-16(21-13(10)17(24)25)14(18(26)27)20-15(23)12(19)9-4-6-11(22)7-5-9/h2-7,12,14,16,21-22H,8,19H2,1H3,(H,20,23)(H,24,25)(H,26,27)/b3-2+/t12-,14?,16?/m1/s1. The molecule has 1 aromatic carbocycles. The molecule has 1 aromatic rings. The maximum atomic E-state index is 12.4. The van der Waals surface area contributed by atoms with E-state index in [1.54, 1.807) is 19.1 Å². The third-order valence-electron chi connectivity index (χ3n) is 4.01. The number of amides is 1. The summed E-state index contributed by atoms with van der Waals surface area (Å²) in [5.41, 5.74) is 6.69. The van der Waals surface area contributed by atoms with Gasteiger partial charge in [-0.15, -0.1) is 11.8 Å². The molecule has 0 spiro atoms. The molecule has 2 rings (SSSR count). The molecule has 0 radical (unpaired) electrons. The monoisotopic (exact) mass is 407 g/mol. The first-order valence-electron chi connectivity index (χ1n) is 8.29. The van der Waals surface area contributed by atoms with E-state index in [-0.39, 0.29) is 17.2 Å². The van der Waals surface area contributed by atoms with Crippen molar-refractivity contribution in [2.24, 2.45) is 5.73 Å². The number of allylic oxidation sites excluding steroid dienone is 2. The molecule has 9 nitrogen and oxygen atoms in total. The third kappa shape index (κ3) is 5.05. The average molecular weight is 407 g/mol. The van der Waals surface area contributed by atoms with Crippen LogP contribution in [0.2, 0.25) is 0 Å². The fourth-order valence-corrected chi connectivity index (χ4v) is 3.76. The molecule has 7 N–H and O–H groups in total. The molecule has 10 heteroatoms. The van der Waals surface area contributed by atoms with Crippen LogP contribution >= 0.6 is 11.8 Å². The summed E-state index contributed by atoms with van der Waals surface area (Å²) in [6.45, 7) is 1.74. The Bertz CT molecular complexity index is 821. The molecule has 0 bridgehead atoms. The zero-order valence-electron chi connectivity index (χ0n) is 15.0. The molecule has 2 unspecified atom stereocenters. The lowest BCUT2D eigenvalue weighted by Gasteiger charge is -2.31. The lowest BCUT2D eigenvalue weighted by molar-refractivity contribution is -0.142. The maximum Gasteiger partial charge on any atom is 0.352 e. The van der Waals surface area contributed by atoms with Gasteiger partial charge >= 0.3 is 11.9 Å². The van der Waals surface area contributed by atoms with Crippen LogP contribution in [0.1, 0.15) is 18.5 Å². The molecule has 1 aliphatic heterocycles. The van der Waals surface area contributed by atoms with Crippen molar-refractivity contribution in [3.8, 4) is 5.75 Å². The summed E-state index contributed by atoms with van der Waals surface area (Å²) < 4.78 is 0. The number of carbonyl (C=O) groups is 3. The molecule has 0 fully saturated rings. The number of aliphatic carboxylic acids is 2. The second kappa shape index (κ2) is 9.29. The number of hydrogen-bond acceptors (Lipinski definition) is 7. The predicted molar refractivity (Wildman–Crippen MR) is 103 cm³/mol. The number of nitrogens with one attached hydrogen (secondary N) is 2. The number of carboxylic acid groups (broad SMARTS) is 2. The number of hydrogen-bond donors (Lipinski definition) is 6. The van der Waals surface area contributed by atoms with Gasteiger partial charge in [-0.3, -0.25) is 4.79 Å². The number of thioether (sulfide) groups is 1. The summed E-state index contributed by atoms with van der Waals surface area (Å²) in [6, 6.07) is 3.09. The molecule has 28 heavy (non-hydrogen) atoms. The van der Waals surface area contributed by atoms with E-state index < -0.39 is 35.3 Å². The number of phenols is 1. The van der Waals surface area contributed by atoms with Gasteiger partial charge in [0.25, 0.3) is 0 Å². The van der Waals surface area contributed by atoms with E-state index in [2.05, 4.69) is 10.6 Å². The zero-order chi connectivity index (χ0) is 20.8. The fourth-order valence-electron chi connectivity index (χ4n) is 2.58. The van der Waals surface area contributed by atoms with Crippen LogP contribution in [0.15, 0.2) is 47.7 Å². The van der Waals surface area contributed by atoms with Gasteiger partial charge in [0.1, 0.15) is 22.9 Å². The van der Waals surface area contributed by atoms with E-state index in [1.165, 1.54) is 36.0 Å². The maximum absolute atomic E-state index is 12.4. The summed E-state index contributed by atoms with van der Waals surface area (Å²) in [7, 11) is 0. The number of rotatable bonds is 7. The van der Waals surface area contributed by atoms with Gasteiger partial charge < -0.3 is 31.7 Å². The van der Waals surface area contributed by atoms with E-state index in [9.17, 15) is 29.7 Å². The van der Waals surface area contributed by atoms with Crippen molar-refractivity contribution in [2.45, 2.75) is 24.4 Å². The first-order chi connectivity index (χ1) is 13.2. The van der Waals surface area contributed by atoms with Crippen molar-refractivity contribution in [3.05, 3.63) is 53.3 Å². The van der Waals surface area contributed by atoms with Crippen molar-refractivity contribution in [2.75, 3.05) is 5.75 Å². The van der Waals surface area contributed by atoms with Gasteiger partial charge in [-0.2, -0.15) is 0 Å². The fraction of sp³-hybridized carbons (Fsp3) is 0.278. The Kier molecular flexibility index (Phi) is 7.07. The Balaban J connectivity index is 2.17. The normalized spacial score (nSPS) is 19.0. The summed E-state index contributed by atoms with van der Waals surface area (Å²) in [6.07, 6.45) is 3.32. The van der Waals surface area contributed by atoms with Crippen LogP contribution in [0.3, 0.4) is 0 Å². The molecule has 0 saturated heterocycles. The Labute approximate surface area is 165 Å². The molecule has 1 heterocycles. The number of phenolic OH excluding ortho intramolecular Hbond substituents is 1. The van der Waals surface area contributed by atoms with E-state index in [0.29, 0.717) is 11.1 Å². The summed E-state index contributed by atoms with van der Waals surface area (Å²) in [5.74, 6) is -2.99. The third-order valence-corrected chi connectivity index (χ3v) is 5.24. The van der Waals surface area contributed by atoms with Gasteiger partial charge in [-0.05, 0) is 30.2 Å². The average Bonchev–Trinajstić information content (AvgIpc) is 2.66. The van der Waals surface area contributed by atoms with Gasteiger partial charge in [0.15, 0.2) is 6.04 Å². The number of nitrogens with two attached hydrogens (primary N) is 1. The first kappa shape index (κ1) is 21.3. The number of benzene rings is 1. The highest BCUT2D eigenvalue weighted by molar-refractivity contribution is 8.00. The molecular weight excluding hydrogens is 386 g/mol. The molecule has 150 valence electrons. The van der Waals surface area contributed by atoms with Crippen LogP contribution in [0.5, 0.6) is 5.75 Å². The van der Waals surface area contributed by atoms with Crippen LogP contribution in [-0.2, 0) is 14.4 Å². The molecule has 0 saturated carbocycles. The summed E-state index contributed by atoms with van der Waals surface area (Å²) in [4.78, 5) is 35.6. The van der Waals surface area contributed by atoms with Crippen molar-refractivity contribution in [3.63, 3.8) is 0 Å². The Morgan fingerprint density at radius 3 is 2.46 bits per heavy atom. The van der Waals surface area contributed by atoms with Crippen LogP contribution in [0, 0.1) is 0 Å². The van der Waals surface area contributed by atoms with Crippen LogP contribution in [0.25, 0.3) is 0 Å². The molecule has 1 amide bonds. The largest absolute Gasteiger partial charge is 0.508 e. The topological polar surface area (TPSA) is 162 Å². The van der Waals surface area contributed by atoms with Crippen molar-refractivity contribution in [1.82, 2.24) is 10.6 Å². The van der Waals surface area contributed by atoms with Gasteiger partial charge in [0.05, 0.1) is 0 Å². The van der Waals surface area contributed by atoms with E-state index in [0.717, 1.165) is 0 Å². The second-order valence-electron chi connectivity index (χ2n) is 5.98. The van der Waals surface area contributed by atoms with Crippen LogP contribution < -0.4 is 16.4 Å². The van der Waals surface area contributed by atoms with E-state index in [1.807, 2.05) is 0 Å². The predicted octanol–water partition coefficient (Wildman–Crippen LogP) is 0.539. The quantitative estimate of drug-likeness (QED) is 0.379. The second-order valence-corrected chi connectivity index (χ2v) is 7.10. The minimum absolute atomic E-state index is 0.00694. The van der Waals surface area contributed by atoms with Gasteiger partial charge in [-0.1, -0.05) is 24.3 Å². The molecular formula is C18H21N3O6S. The lowest BCUT2D eigenvalue weighted by Crippen LogP contribution is -2.56. The Hall–Kier alpha value is -2.98. The first-order valence-corrected chi connectivity index (χ1v) is 9.34. The molecule has 1 aliphatic rings. The molecule has 0 aliphatic carbocycles. The van der Waals surface area contributed by atoms with Gasteiger partial charge in [-0.25, -0.2) is 9.59 Å². The highest BCUT2D eigenvalue weighted by Crippen LogP contribution is 2.26. The Morgan fingerprint density at radius 2 is 1.93 bits per heavy atom. The lowest BCUT2D eigenvalue weighted by atomic mass is 10.1. The molecule has 0 aromatic heterocycles. The van der Waals surface area contributed by atoms with Gasteiger partial charge in [0.2, 0.25) is 5.91 Å². The minimum Gasteiger partial charge on any atom is -0.508 e. The number of carboxylic acids is 2. The highest BCUT2D eigenvalue weighted by atomic mass is 32.2.